The van der Waals surface area contributed by atoms with Crippen LogP contribution in [0.25, 0.3) is 0 Å². The minimum atomic E-state index is -0.279. The van der Waals surface area contributed by atoms with E-state index >= 15 is 0 Å². The van der Waals surface area contributed by atoms with Crippen molar-refractivity contribution in [3.63, 3.8) is 0 Å². The van der Waals surface area contributed by atoms with Gasteiger partial charge in [-0.3, -0.25) is 4.79 Å². The Balaban J connectivity index is 3.11. The van der Waals surface area contributed by atoms with Gasteiger partial charge in [-0.25, -0.2) is 0 Å². The molecular formula is C6H10Cl2O2. The van der Waals surface area contributed by atoms with Crippen molar-refractivity contribution in [2.75, 3.05) is 12.5 Å². The molecule has 4 heteroatoms. The molecule has 0 aliphatic heterocycles. The summed E-state index contributed by atoms with van der Waals surface area (Å²) in [4.78, 5) is 10.2. The lowest BCUT2D eigenvalue weighted by Crippen LogP contribution is -2.08. The van der Waals surface area contributed by atoms with E-state index in [1.54, 1.807) is 0 Å². The van der Waals surface area contributed by atoms with Crippen molar-refractivity contribution in [3.05, 3.63) is 0 Å². The molecule has 60 valence electrons. The van der Waals surface area contributed by atoms with Crippen molar-refractivity contribution in [1.82, 2.24) is 0 Å². The predicted octanol–water partition coefficient (Wildman–Crippen LogP) is 1.79. The van der Waals surface area contributed by atoms with Gasteiger partial charge in [-0.05, 0) is 6.42 Å². The fourth-order valence-corrected chi connectivity index (χ4v) is 0.651. The third-order valence-corrected chi connectivity index (χ3v) is 1.81. The van der Waals surface area contributed by atoms with Crippen LogP contribution in [0.4, 0.5) is 0 Å². The molecule has 0 spiro atoms. The molecular weight excluding hydrogens is 175 g/mol. The minimum Gasteiger partial charge on any atom is -0.466 e. The molecule has 10 heavy (non-hydrogen) atoms. The lowest BCUT2D eigenvalue weighted by atomic mass is 10.3. The SMILES string of the molecule is CC(=O)OCCC(Cl)CCl. The van der Waals surface area contributed by atoms with Crippen molar-refractivity contribution < 1.29 is 9.53 Å². The summed E-state index contributed by atoms with van der Waals surface area (Å²) < 4.78 is 4.63. The van der Waals surface area contributed by atoms with Gasteiger partial charge >= 0.3 is 5.97 Å². The van der Waals surface area contributed by atoms with E-state index in [1.807, 2.05) is 0 Å². The first-order valence-corrected chi connectivity index (χ1v) is 3.97. The zero-order valence-electron chi connectivity index (χ0n) is 5.77. The first-order valence-electron chi connectivity index (χ1n) is 3.00. The standard InChI is InChI=1S/C6H10Cl2O2/c1-5(9)10-3-2-6(8)4-7/h6H,2-4H2,1H3. The summed E-state index contributed by atoms with van der Waals surface area (Å²) in [6.45, 7) is 1.72. The Hall–Kier alpha value is 0.0500. The fourth-order valence-electron chi connectivity index (χ4n) is 0.408. The van der Waals surface area contributed by atoms with Gasteiger partial charge in [-0.1, -0.05) is 0 Å². The van der Waals surface area contributed by atoms with Gasteiger partial charge in [-0.2, -0.15) is 0 Å². The van der Waals surface area contributed by atoms with E-state index in [0.717, 1.165) is 0 Å². The Kier molecular flexibility index (Phi) is 5.84. The number of carbonyl (C=O) groups is 1. The van der Waals surface area contributed by atoms with Crippen molar-refractivity contribution in [3.8, 4) is 0 Å². The number of ether oxygens (including phenoxy) is 1. The molecule has 0 saturated carbocycles. The summed E-state index contributed by atoms with van der Waals surface area (Å²) in [5.41, 5.74) is 0. The van der Waals surface area contributed by atoms with Gasteiger partial charge in [0.05, 0.1) is 12.0 Å². The highest BCUT2D eigenvalue weighted by atomic mass is 35.5. The van der Waals surface area contributed by atoms with E-state index in [4.69, 9.17) is 23.2 Å². The van der Waals surface area contributed by atoms with Crippen molar-refractivity contribution in [2.45, 2.75) is 18.7 Å². The van der Waals surface area contributed by atoms with Gasteiger partial charge in [0.1, 0.15) is 0 Å². The zero-order valence-corrected chi connectivity index (χ0v) is 7.28. The molecule has 0 aromatic rings. The maximum Gasteiger partial charge on any atom is 0.302 e. The number of rotatable bonds is 4. The molecule has 0 radical (unpaired) electrons. The van der Waals surface area contributed by atoms with Crippen LogP contribution >= 0.6 is 23.2 Å². The van der Waals surface area contributed by atoms with Crippen LogP contribution in [0.2, 0.25) is 0 Å². The number of halogens is 2. The largest absolute Gasteiger partial charge is 0.466 e. The third-order valence-electron chi connectivity index (χ3n) is 0.904. The molecule has 0 N–H and O–H groups in total. The molecule has 0 heterocycles. The van der Waals surface area contributed by atoms with Crippen LogP contribution in [-0.2, 0) is 9.53 Å². The number of esters is 1. The van der Waals surface area contributed by atoms with Gasteiger partial charge in [-0.15, -0.1) is 23.2 Å². The van der Waals surface area contributed by atoms with Crippen molar-refractivity contribution >= 4 is 29.2 Å². The van der Waals surface area contributed by atoms with E-state index in [9.17, 15) is 4.79 Å². The molecule has 0 amide bonds. The molecule has 1 unspecified atom stereocenters. The number of alkyl halides is 2. The molecule has 1 atom stereocenters. The summed E-state index contributed by atoms with van der Waals surface area (Å²) in [5.74, 6) is 0.112. The lowest BCUT2D eigenvalue weighted by molar-refractivity contribution is -0.141. The van der Waals surface area contributed by atoms with Crippen LogP contribution in [0, 0.1) is 0 Å². The highest BCUT2D eigenvalue weighted by Gasteiger charge is 2.02. The van der Waals surface area contributed by atoms with E-state index in [0.29, 0.717) is 18.9 Å². The predicted molar refractivity (Wildman–Crippen MR) is 41.6 cm³/mol. The first kappa shape index (κ1) is 10.0. The summed E-state index contributed by atoms with van der Waals surface area (Å²) >= 11 is 11.0. The summed E-state index contributed by atoms with van der Waals surface area (Å²) in [7, 11) is 0. The average molecular weight is 185 g/mol. The van der Waals surface area contributed by atoms with Crippen LogP contribution in [0.15, 0.2) is 0 Å². The zero-order chi connectivity index (χ0) is 7.98. The highest BCUT2D eigenvalue weighted by Crippen LogP contribution is 2.03. The number of carbonyl (C=O) groups excluding carboxylic acids is 1. The second kappa shape index (κ2) is 5.81. The first-order chi connectivity index (χ1) is 4.66. The van der Waals surface area contributed by atoms with Gasteiger partial charge in [0.15, 0.2) is 0 Å². The third kappa shape index (κ3) is 6.17. The highest BCUT2D eigenvalue weighted by molar-refractivity contribution is 6.28. The molecule has 0 aromatic carbocycles. The maximum absolute atomic E-state index is 10.2. The second-order valence-corrected chi connectivity index (χ2v) is 2.81. The smallest absolute Gasteiger partial charge is 0.302 e. The molecule has 0 saturated heterocycles. The van der Waals surface area contributed by atoms with Gasteiger partial charge < -0.3 is 4.74 Å². The quantitative estimate of drug-likeness (QED) is 0.493. The molecule has 0 fully saturated rings. The van der Waals surface area contributed by atoms with E-state index < -0.39 is 0 Å². The molecule has 0 aliphatic carbocycles. The summed E-state index contributed by atoms with van der Waals surface area (Å²) in [6, 6.07) is 0. The van der Waals surface area contributed by atoms with Crippen molar-refractivity contribution in [2.24, 2.45) is 0 Å². The normalized spacial score (nSPS) is 12.7. The monoisotopic (exact) mass is 184 g/mol. The van der Waals surface area contributed by atoms with Crippen LogP contribution < -0.4 is 0 Å². The maximum atomic E-state index is 10.2. The van der Waals surface area contributed by atoms with Crippen LogP contribution in [0.3, 0.4) is 0 Å². The number of hydrogen-bond acceptors (Lipinski definition) is 2. The Labute approximate surface area is 70.4 Å². The Morgan fingerprint density at radius 1 is 1.70 bits per heavy atom. The van der Waals surface area contributed by atoms with Crippen LogP contribution in [0.5, 0.6) is 0 Å². The Morgan fingerprint density at radius 2 is 2.30 bits per heavy atom. The molecule has 0 aliphatic rings. The minimum absolute atomic E-state index is 0.0963. The van der Waals surface area contributed by atoms with Gasteiger partial charge in [0, 0.05) is 12.8 Å². The molecule has 0 rings (SSSR count). The molecule has 0 aromatic heterocycles. The lowest BCUT2D eigenvalue weighted by Gasteiger charge is -2.03. The second-order valence-electron chi connectivity index (χ2n) is 1.88. The fraction of sp³-hybridized carbons (Fsp3) is 0.833. The van der Waals surface area contributed by atoms with Gasteiger partial charge in [0.2, 0.25) is 0 Å². The van der Waals surface area contributed by atoms with Crippen LogP contribution in [0.1, 0.15) is 13.3 Å². The Bertz CT molecular complexity index is 106. The van der Waals surface area contributed by atoms with E-state index in [1.165, 1.54) is 6.92 Å². The summed E-state index contributed by atoms with van der Waals surface area (Å²) in [6.07, 6.45) is 0.616. The van der Waals surface area contributed by atoms with Gasteiger partial charge in [0.25, 0.3) is 0 Å². The topological polar surface area (TPSA) is 26.3 Å². The molecule has 0 bridgehead atoms. The summed E-state index contributed by atoms with van der Waals surface area (Å²) in [5, 5.41) is -0.0963. The number of hydrogen-bond donors (Lipinski definition) is 0. The molecule has 2 nitrogen and oxygen atoms in total. The van der Waals surface area contributed by atoms with Crippen molar-refractivity contribution in [1.29, 1.82) is 0 Å². The Morgan fingerprint density at radius 3 is 2.70 bits per heavy atom. The van der Waals surface area contributed by atoms with E-state index in [-0.39, 0.29) is 11.3 Å². The van der Waals surface area contributed by atoms with E-state index in [2.05, 4.69) is 4.74 Å². The average Bonchev–Trinajstić information content (AvgIpc) is 1.87. The van der Waals surface area contributed by atoms with Crippen LogP contribution in [-0.4, -0.2) is 23.8 Å².